The zero-order chi connectivity index (χ0) is 28.8. The highest BCUT2D eigenvalue weighted by Crippen LogP contribution is 2.19. The number of thioether (sulfide) groups is 10. The summed E-state index contributed by atoms with van der Waals surface area (Å²) < 4.78 is 23.4. The van der Waals surface area contributed by atoms with Gasteiger partial charge >= 0.3 is 0 Å². The van der Waals surface area contributed by atoms with Crippen molar-refractivity contribution in [1.82, 2.24) is 10.6 Å². The first-order valence-corrected chi connectivity index (χ1v) is 24.4. The first-order chi connectivity index (χ1) is 19.0. The summed E-state index contributed by atoms with van der Waals surface area (Å²) in [6.45, 7) is 0. The second-order valence-corrected chi connectivity index (χ2v) is 20.6. The van der Waals surface area contributed by atoms with Crippen LogP contribution in [0.2, 0.25) is 0 Å². The summed E-state index contributed by atoms with van der Waals surface area (Å²) in [5.41, 5.74) is 2.87. The number of carbonyl (C=O) groups is 2. The van der Waals surface area contributed by atoms with Crippen molar-refractivity contribution in [3.05, 3.63) is 0 Å². The summed E-state index contributed by atoms with van der Waals surface area (Å²) in [5, 5.41) is 26.9. The zero-order valence-electron chi connectivity index (χ0n) is 20.7. The SMILES string of the molecule is O=C(NCSCSC/N=C\S(=O)CSCSCSC(=O)NCSCSC/N=C\S(=O)CSCO)SCSCO. The lowest BCUT2D eigenvalue weighted by molar-refractivity contribution is 0.261. The second kappa shape index (κ2) is 32.9. The van der Waals surface area contributed by atoms with E-state index in [9.17, 15) is 18.0 Å². The lowest BCUT2D eigenvalue weighted by atomic mass is 11.2. The van der Waals surface area contributed by atoms with E-state index in [0.29, 0.717) is 43.8 Å². The highest BCUT2D eigenvalue weighted by atomic mass is 32.3. The predicted octanol–water partition coefficient (Wildman–Crippen LogP) is 4.72. The van der Waals surface area contributed by atoms with Gasteiger partial charge in [0.2, 0.25) is 0 Å². The third kappa shape index (κ3) is 32.7. The first-order valence-electron chi connectivity index (χ1n) is 10.4. The summed E-state index contributed by atoms with van der Waals surface area (Å²) in [5.74, 6) is 2.00. The van der Waals surface area contributed by atoms with Gasteiger partial charge in [0.1, 0.15) is 0 Å². The van der Waals surface area contributed by atoms with Gasteiger partial charge in [0.25, 0.3) is 10.5 Å². The van der Waals surface area contributed by atoms with Crippen molar-refractivity contribution in [1.29, 1.82) is 0 Å². The molecule has 0 saturated heterocycles. The van der Waals surface area contributed by atoms with Crippen LogP contribution < -0.4 is 10.6 Å². The molecule has 0 radical (unpaired) electrons. The van der Waals surface area contributed by atoms with Crippen LogP contribution in [0.4, 0.5) is 9.59 Å². The second-order valence-electron chi connectivity index (χ2n) is 5.82. The van der Waals surface area contributed by atoms with Gasteiger partial charge in [0.15, 0.2) is 0 Å². The number of amides is 2. The van der Waals surface area contributed by atoms with Crippen molar-refractivity contribution < 1.29 is 28.2 Å². The molecule has 0 heterocycles. The Hall–Kier alpha value is 2.00. The van der Waals surface area contributed by atoms with E-state index in [1.165, 1.54) is 46.4 Å². The number of carbonyl (C=O) groups excluding carboxylic acids is 2. The molecule has 0 rings (SSSR count). The fourth-order valence-corrected chi connectivity index (χ4v) is 11.9. The molecular formula is C17H32N4O6S12. The molecule has 0 aliphatic heterocycles. The molecule has 0 spiro atoms. The highest BCUT2D eigenvalue weighted by Gasteiger charge is 2.03. The molecule has 0 saturated carbocycles. The molecule has 228 valence electrons. The minimum Gasteiger partial charge on any atom is -0.386 e. The Bertz CT molecular complexity index is 740. The molecule has 4 N–H and O–H groups in total. The lowest BCUT2D eigenvalue weighted by Crippen LogP contribution is -2.17. The van der Waals surface area contributed by atoms with Crippen LogP contribution in [0.1, 0.15) is 0 Å². The van der Waals surface area contributed by atoms with E-state index in [1.807, 2.05) is 0 Å². The van der Waals surface area contributed by atoms with Gasteiger partial charge in [-0.3, -0.25) is 28.0 Å². The zero-order valence-corrected chi connectivity index (χ0v) is 30.5. The van der Waals surface area contributed by atoms with E-state index >= 15 is 0 Å². The number of aliphatic hydroxyl groups is 2. The van der Waals surface area contributed by atoms with Crippen LogP contribution in [0.5, 0.6) is 0 Å². The molecule has 0 fully saturated rings. The molecule has 2 atom stereocenters. The van der Waals surface area contributed by atoms with Crippen molar-refractivity contribution in [2.75, 3.05) is 71.0 Å². The Morgan fingerprint density at radius 3 is 1.59 bits per heavy atom. The van der Waals surface area contributed by atoms with Crippen molar-refractivity contribution in [3.63, 3.8) is 0 Å². The van der Waals surface area contributed by atoms with E-state index < -0.39 is 21.6 Å². The van der Waals surface area contributed by atoms with Gasteiger partial charge in [-0.2, -0.15) is 0 Å². The van der Waals surface area contributed by atoms with Crippen LogP contribution in [0.15, 0.2) is 9.98 Å². The van der Waals surface area contributed by atoms with Crippen molar-refractivity contribution in [2.24, 2.45) is 9.98 Å². The molecule has 2 unspecified atom stereocenters. The van der Waals surface area contributed by atoms with Gasteiger partial charge in [-0.1, -0.05) is 23.5 Å². The van der Waals surface area contributed by atoms with Crippen LogP contribution in [0.3, 0.4) is 0 Å². The maximum atomic E-state index is 11.9. The number of hydrogen-bond donors (Lipinski definition) is 4. The van der Waals surface area contributed by atoms with E-state index in [0.717, 1.165) is 27.0 Å². The topological polar surface area (TPSA) is 158 Å². The maximum Gasteiger partial charge on any atom is 0.280 e. The monoisotopic (exact) mass is 772 g/mol. The lowest BCUT2D eigenvalue weighted by Gasteiger charge is -2.04. The standard InChI is InChI=1S/C17H32N4O6S12/c22-7-32-12-36-16(24)20-3-30-10-29-2-19-6-39(27)15-35-11-34-13-37-17(25)21-4-31-9-28-1-18-5-38(26)14-33-8-23/h5-6,22-23H,1-4,7-15H2,(H,20,24)(H,21,25)/b18-5-,19-6-. The largest absolute Gasteiger partial charge is 0.386 e. The molecule has 0 aromatic heterocycles. The molecular weight excluding hydrogens is 741 g/mol. The van der Waals surface area contributed by atoms with Gasteiger partial charge < -0.3 is 20.8 Å². The Kier molecular flexibility index (Phi) is 34.6. The molecule has 2 amide bonds. The van der Waals surface area contributed by atoms with Gasteiger partial charge in [-0.05, 0) is 0 Å². The fourth-order valence-electron chi connectivity index (χ4n) is 1.55. The normalized spacial score (nSPS) is 13.2. The van der Waals surface area contributed by atoms with Crippen LogP contribution in [-0.2, 0) is 21.6 Å². The molecule has 10 nitrogen and oxygen atoms in total. The molecule has 0 aromatic carbocycles. The third-order valence-corrected chi connectivity index (χ3v) is 15.8. The molecule has 0 bridgehead atoms. The first kappa shape index (κ1) is 41.0. The van der Waals surface area contributed by atoms with Gasteiger partial charge in [-0.25, -0.2) is 0 Å². The predicted molar refractivity (Wildman–Crippen MR) is 194 cm³/mol. The van der Waals surface area contributed by atoms with E-state index in [2.05, 4.69) is 20.6 Å². The number of nitrogens with zero attached hydrogens (tertiary/aromatic N) is 2. The average Bonchev–Trinajstić information content (AvgIpc) is 2.92. The third-order valence-electron chi connectivity index (χ3n) is 2.98. The van der Waals surface area contributed by atoms with Crippen molar-refractivity contribution in [3.8, 4) is 0 Å². The Labute approximate surface area is 277 Å². The Morgan fingerprint density at radius 2 is 1.08 bits per heavy atom. The summed E-state index contributed by atoms with van der Waals surface area (Å²) in [4.78, 5) is 31.5. The van der Waals surface area contributed by atoms with Crippen molar-refractivity contribution >= 4 is 161 Å². The van der Waals surface area contributed by atoms with E-state index in [4.69, 9.17) is 10.2 Å². The van der Waals surface area contributed by atoms with E-state index in [-0.39, 0.29) is 22.4 Å². The van der Waals surface area contributed by atoms with Crippen LogP contribution in [-0.4, -0.2) is 111 Å². The quantitative estimate of drug-likeness (QED) is 0.0414. The smallest absolute Gasteiger partial charge is 0.280 e. The Morgan fingerprint density at radius 1 is 0.615 bits per heavy atom. The molecule has 0 aliphatic rings. The van der Waals surface area contributed by atoms with Crippen LogP contribution >= 0.6 is 118 Å². The summed E-state index contributed by atoms with van der Waals surface area (Å²) in [6.07, 6.45) is 0. The Balaban J connectivity index is 3.48. The molecule has 22 heteroatoms. The van der Waals surface area contributed by atoms with Crippen LogP contribution in [0, 0.1) is 0 Å². The van der Waals surface area contributed by atoms with Gasteiger partial charge in [-0.15, -0.1) is 94.1 Å². The summed E-state index contributed by atoms with van der Waals surface area (Å²) in [7, 11) is -2.29. The number of aliphatic imine (C=N–C) groups is 2. The van der Waals surface area contributed by atoms with Gasteiger partial charge in [0, 0.05) is 20.3 Å². The maximum absolute atomic E-state index is 11.9. The van der Waals surface area contributed by atoms with Crippen molar-refractivity contribution in [2.45, 2.75) is 0 Å². The highest BCUT2D eigenvalue weighted by molar-refractivity contribution is 8.29. The number of hydrogen-bond acceptors (Lipinski definition) is 18. The number of aliphatic hydroxyl groups excluding tert-OH is 2. The summed E-state index contributed by atoms with van der Waals surface area (Å²) in [6, 6.07) is 0. The number of rotatable bonds is 26. The molecule has 39 heavy (non-hydrogen) atoms. The van der Waals surface area contributed by atoms with Gasteiger partial charge in [0.05, 0.1) is 83.3 Å². The molecule has 0 aliphatic carbocycles. The minimum absolute atomic E-state index is 0.00848. The molecule has 0 aromatic rings. The van der Waals surface area contributed by atoms with E-state index in [1.54, 1.807) is 70.6 Å². The minimum atomic E-state index is -1.16. The summed E-state index contributed by atoms with van der Waals surface area (Å²) >= 11 is 14.2. The fraction of sp³-hybridized carbons (Fsp3) is 0.765. The van der Waals surface area contributed by atoms with Crippen LogP contribution in [0.25, 0.3) is 0 Å². The number of nitrogens with one attached hydrogen (secondary N) is 2. The average molecular weight is 773 g/mol.